The lowest BCUT2D eigenvalue weighted by Crippen LogP contribution is -2.43. The zero-order valence-electron chi connectivity index (χ0n) is 39.0. The number of aryl methyl sites for hydroxylation is 4. The van der Waals surface area contributed by atoms with Gasteiger partial charge in [-0.25, -0.2) is 0 Å². The van der Waals surface area contributed by atoms with Crippen LogP contribution in [0.4, 0.5) is 0 Å². The minimum absolute atomic E-state index is 0. The molecule has 324 valence electrons. The second kappa shape index (κ2) is 24.7. The molecule has 2 saturated heterocycles. The standard InChI is InChI=1S/C30H52B2O4.C18H28Br2.CH3/c1-11-13-15-17-19-23-21-26(32-35-29(7,8)30(9,10)36-32)24(20-18-16-14-12-2)22-25(23)31-33-27(3,4)28(5,6)34-31;1-3-5-7-9-11-15-13-18(20)16(14-17(15)19)12-10-8-6-4-2;/h21-22H,11-20H2,1-10H3;13-14H,3-12H2,1-2H3;1H3/q;;-1. The van der Waals surface area contributed by atoms with Crippen LogP contribution in [0.3, 0.4) is 0 Å². The van der Waals surface area contributed by atoms with Crippen molar-refractivity contribution in [1.29, 1.82) is 0 Å². The van der Waals surface area contributed by atoms with Crippen LogP contribution in [0.25, 0.3) is 0 Å². The number of hydrogen-bond donors (Lipinski definition) is 0. The maximum absolute atomic E-state index is 6.56. The van der Waals surface area contributed by atoms with Crippen LogP contribution in [0.5, 0.6) is 0 Å². The maximum atomic E-state index is 6.56. The third-order valence-corrected chi connectivity index (χ3v) is 14.3. The van der Waals surface area contributed by atoms with E-state index < -0.39 is 0 Å². The van der Waals surface area contributed by atoms with Crippen LogP contribution in [0.15, 0.2) is 33.2 Å². The summed E-state index contributed by atoms with van der Waals surface area (Å²) >= 11 is 7.50. The molecule has 2 aromatic rings. The van der Waals surface area contributed by atoms with Crippen molar-refractivity contribution < 1.29 is 18.6 Å². The zero-order valence-corrected chi connectivity index (χ0v) is 42.2. The van der Waals surface area contributed by atoms with Gasteiger partial charge in [0.05, 0.1) is 22.4 Å². The second-order valence-corrected chi connectivity index (χ2v) is 20.4. The molecule has 0 saturated carbocycles. The molecule has 2 aliphatic heterocycles. The molecule has 0 amide bonds. The average molecular weight is 918 g/mol. The monoisotopic (exact) mass is 915 g/mol. The van der Waals surface area contributed by atoms with E-state index >= 15 is 0 Å². The van der Waals surface area contributed by atoms with Crippen LogP contribution in [-0.2, 0) is 44.3 Å². The molecule has 0 aliphatic carbocycles. The van der Waals surface area contributed by atoms with Gasteiger partial charge in [-0.1, -0.05) is 149 Å². The lowest BCUT2D eigenvalue weighted by molar-refractivity contribution is 0.00578. The summed E-state index contributed by atoms with van der Waals surface area (Å²) in [7, 11) is -0.698. The summed E-state index contributed by atoms with van der Waals surface area (Å²) in [5.41, 5.74) is 6.47. The molecule has 0 unspecified atom stereocenters. The van der Waals surface area contributed by atoms with Crippen molar-refractivity contribution in [3.63, 3.8) is 0 Å². The van der Waals surface area contributed by atoms with E-state index in [1.165, 1.54) is 158 Å². The zero-order chi connectivity index (χ0) is 41.6. The smallest absolute Gasteiger partial charge is 0.399 e. The summed E-state index contributed by atoms with van der Waals surface area (Å²) < 4.78 is 28.8. The first-order valence-corrected chi connectivity index (χ1v) is 24.4. The highest BCUT2D eigenvalue weighted by Crippen LogP contribution is 2.39. The summed E-state index contributed by atoms with van der Waals surface area (Å²) in [6.45, 7) is 26.2. The van der Waals surface area contributed by atoms with Gasteiger partial charge in [-0.3, -0.25) is 0 Å². The molecule has 0 spiro atoms. The number of rotatable bonds is 22. The van der Waals surface area contributed by atoms with Crippen LogP contribution in [0, 0.1) is 7.43 Å². The van der Waals surface area contributed by atoms with Crippen molar-refractivity contribution in [2.75, 3.05) is 0 Å². The third-order valence-electron chi connectivity index (χ3n) is 12.8. The Morgan fingerprint density at radius 2 is 0.632 bits per heavy atom. The quantitative estimate of drug-likeness (QED) is 0.0670. The summed E-state index contributed by atoms with van der Waals surface area (Å²) in [6, 6.07) is 9.38. The normalized spacial score (nSPS) is 17.7. The molecule has 4 nitrogen and oxygen atoms in total. The Kier molecular flexibility index (Phi) is 22.8. The summed E-state index contributed by atoms with van der Waals surface area (Å²) in [5.74, 6) is 0. The predicted octanol–water partition coefficient (Wildman–Crippen LogP) is 14.4. The highest BCUT2D eigenvalue weighted by atomic mass is 79.9. The Morgan fingerprint density at radius 3 is 0.877 bits per heavy atom. The third kappa shape index (κ3) is 15.3. The van der Waals surface area contributed by atoms with Crippen LogP contribution < -0.4 is 10.9 Å². The van der Waals surface area contributed by atoms with Gasteiger partial charge in [0.25, 0.3) is 0 Å². The Bertz CT molecular complexity index is 1330. The SMILES string of the molecule is CCCCCCc1cc(B2OC(C)(C)C(C)(C)O2)c(CCCCCC)cc1B1OC(C)(C)C(C)(C)O1.CCCCCCc1cc(Br)c(CCCCCC)cc1Br.[CH3-]. The van der Waals surface area contributed by atoms with Gasteiger partial charge in [0.2, 0.25) is 0 Å². The van der Waals surface area contributed by atoms with E-state index in [9.17, 15) is 0 Å². The fourth-order valence-corrected chi connectivity index (χ4v) is 8.70. The molecule has 4 rings (SSSR count). The minimum atomic E-state index is -0.358. The Balaban J connectivity index is 0.000000454. The number of hydrogen-bond acceptors (Lipinski definition) is 4. The maximum Gasteiger partial charge on any atom is 0.495 e. The van der Waals surface area contributed by atoms with Gasteiger partial charge in [0.15, 0.2) is 0 Å². The summed E-state index contributed by atoms with van der Waals surface area (Å²) in [4.78, 5) is 0. The van der Waals surface area contributed by atoms with Crippen molar-refractivity contribution in [1.82, 2.24) is 0 Å². The van der Waals surface area contributed by atoms with Gasteiger partial charge in [-0.15, -0.1) is 0 Å². The minimum Gasteiger partial charge on any atom is -0.399 e. The highest BCUT2D eigenvalue weighted by molar-refractivity contribution is 9.11. The molecule has 0 N–H and O–H groups in total. The molecule has 0 aromatic heterocycles. The van der Waals surface area contributed by atoms with Crippen LogP contribution in [0.2, 0.25) is 0 Å². The first-order chi connectivity index (χ1) is 26.4. The van der Waals surface area contributed by atoms with Gasteiger partial charge in [0, 0.05) is 8.95 Å². The first-order valence-electron chi connectivity index (χ1n) is 22.8. The van der Waals surface area contributed by atoms with Crippen molar-refractivity contribution in [3.8, 4) is 0 Å². The molecule has 2 fully saturated rings. The van der Waals surface area contributed by atoms with Crippen LogP contribution in [-0.4, -0.2) is 36.6 Å². The van der Waals surface area contributed by atoms with E-state index in [4.69, 9.17) is 18.6 Å². The van der Waals surface area contributed by atoms with Gasteiger partial charge >= 0.3 is 14.2 Å². The number of unbranched alkanes of at least 4 members (excludes halogenated alkanes) is 12. The summed E-state index contributed by atoms with van der Waals surface area (Å²) in [5, 5.41) is 0. The molecule has 2 aromatic carbocycles. The highest BCUT2D eigenvalue weighted by Gasteiger charge is 2.54. The molecule has 8 heteroatoms. The molecule has 0 atom stereocenters. The topological polar surface area (TPSA) is 36.9 Å². The van der Waals surface area contributed by atoms with Crippen molar-refractivity contribution in [2.24, 2.45) is 0 Å². The van der Waals surface area contributed by atoms with Gasteiger partial charge < -0.3 is 26.0 Å². The van der Waals surface area contributed by atoms with Crippen LogP contribution >= 0.6 is 31.9 Å². The van der Waals surface area contributed by atoms with E-state index in [1.54, 1.807) is 0 Å². The molecule has 0 radical (unpaired) electrons. The van der Waals surface area contributed by atoms with Crippen molar-refractivity contribution in [2.45, 2.75) is 234 Å². The molecule has 2 aliphatic rings. The first kappa shape index (κ1) is 52.5. The van der Waals surface area contributed by atoms with E-state index in [1.807, 2.05) is 0 Å². The lowest BCUT2D eigenvalue weighted by Gasteiger charge is -2.32. The fraction of sp³-hybridized carbons (Fsp3) is 0.735. The Hall–Kier alpha value is -0.630. The van der Waals surface area contributed by atoms with E-state index in [0.29, 0.717) is 0 Å². The summed E-state index contributed by atoms with van der Waals surface area (Å²) in [6.07, 6.45) is 24.9. The molecular weight excluding hydrogens is 834 g/mol. The molecule has 0 bridgehead atoms. The Morgan fingerprint density at radius 1 is 0.386 bits per heavy atom. The van der Waals surface area contributed by atoms with Gasteiger partial charge in [0.1, 0.15) is 0 Å². The number of benzene rings is 2. The van der Waals surface area contributed by atoms with E-state index in [2.05, 4.69) is 139 Å². The van der Waals surface area contributed by atoms with E-state index in [0.717, 1.165) is 12.8 Å². The lowest BCUT2D eigenvalue weighted by atomic mass is 9.67. The largest absolute Gasteiger partial charge is 0.495 e. The van der Waals surface area contributed by atoms with Crippen molar-refractivity contribution >= 4 is 57.0 Å². The predicted molar refractivity (Wildman–Crippen MR) is 258 cm³/mol. The molecular formula is C49H83B2Br2O4-. The molecule has 2 heterocycles. The molecule has 57 heavy (non-hydrogen) atoms. The van der Waals surface area contributed by atoms with Gasteiger partial charge in [-0.05, 0) is 152 Å². The Labute approximate surface area is 370 Å². The van der Waals surface area contributed by atoms with Crippen molar-refractivity contribution in [3.05, 3.63) is 62.9 Å². The number of halogens is 2. The fourth-order valence-electron chi connectivity index (χ4n) is 7.52. The van der Waals surface area contributed by atoms with Gasteiger partial charge in [-0.2, -0.15) is 0 Å². The van der Waals surface area contributed by atoms with Crippen LogP contribution in [0.1, 0.15) is 208 Å². The second-order valence-electron chi connectivity index (χ2n) is 18.7. The van der Waals surface area contributed by atoms with E-state index in [-0.39, 0.29) is 44.1 Å². The average Bonchev–Trinajstić information content (AvgIpc) is 3.49.